The average Bonchev–Trinajstić information content (AvgIpc) is 1.82. The van der Waals surface area contributed by atoms with Gasteiger partial charge in [-0.05, 0) is 0 Å². The summed E-state index contributed by atoms with van der Waals surface area (Å²) in [5, 5.41) is 8.01. The van der Waals surface area contributed by atoms with Gasteiger partial charge in [0.1, 0.15) is 6.04 Å². The maximum atomic E-state index is 9.76. The van der Waals surface area contributed by atoms with Crippen LogP contribution in [0.5, 0.6) is 0 Å². The third-order valence-electron chi connectivity index (χ3n) is 0.514. The highest BCUT2D eigenvalue weighted by Gasteiger charge is 2.06. The number of carboxylic acid groups (broad SMARTS) is 1. The quantitative estimate of drug-likeness (QED) is 0.417. The summed E-state index contributed by atoms with van der Waals surface area (Å²) < 4.78 is 1.00. The monoisotopic (exact) mass is 195 g/mol. The summed E-state index contributed by atoms with van der Waals surface area (Å²) in [5.74, 6) is -0.815. The molecular weight excluding hydrogens is 176 g/mol. The molecule has 0 saturated heterocycles. The van der Waals surface area contributed by atoms with Gasteiger partial charge in [0, 0.05) is 5.75 Å². The summed E-state index contributed by atoms with van der Waals surface area (Å²) in [6.45, 7) is 0. The van der Waals surface area contributed by atoms with E-state index in [9.17, 15) is 4.79 Å². The second-order valence-electron chi connectivity index (χ2n) is 3.81. The topological polar surface area (TPSA) is 63.3 Å². The highest BCUT2D eigenvalue weighted by atomic mass is 32.1. The lowest BCUT2D eigenvalue weighted by molar-refractivity contribution is -0.849. The molecule has 0 saturated carbocycles. The van der Waals surface area contributed by atoms with Crippen LogP contribution in [0.25, 0.3) is 0 Å². The van der Waals surface area contributed by atoms with Gasteiger partial charge >= 0.3 is 5.97 Å². The van der Waals surface area contributed by atoms with E-state index in [2.05, 4.69) is 40.8 Å². The first-order valence-electron chi connectivity index (χ1n) is 3.56. The van der Waals surface area contributed by atoms with Crippen molar-refractivity contribution in [3.8, 4) is 0 Å². The number of nitrogens with two attached hydrogens (primary N) is 1. The van der Waals surface area contributed by atoms with E-state index in [1.807, 2.05) is 0 Å². The number of carbonyl (C=O) groups is 1. The Morgan fingerprint density at radius 1 is 1.50 bits per heavy atom. The van der Waals surface area contributed by atoms with E-state index in [0.717, 1.165) is 4.48 Å². The van der Waals surface area contributed by atoms with Crippen molar-refractivity contribution in [2.45, 2.75) is 6.04 Å². The number of hydrogen-bond acceptors (Lipinski definition) is 3. The zero-order valence-electron chi connectivity index (χ0n) is 8.11. The SMILES string of the molecule is C[N+](C)(C)C.NC(CS)C(=O)O. The minimum absolute atomic E-state index is 0.190. The first-order valence-corrected chi connectivity index (χ1v) is 4.20. The minimum Gasteiger partial charge on any atom is -0.480 e. The average molecular weight is 195 g/mol. The molecule has 0 radical (unpaired) electrons. The number of quaternary nitrogens is 1. The highest BCUT2D eigenvalue weighted by molar-refractivity contribution is 7.80. The molecule has 0 fully saturated rings. The summed E-state index contributed by atoms with van der Waals surface area (Å²) in [5.41, 5.74) is 4.94. The van der Waals surface area contributed by atoms with Crippen molar-refractivity contribution < 1.29 is 14.4 Å². The first kappa shape index (κ1) is 14.3. The molecular formula is C7H19N2O2S+. The van der Waals surface area contributed by atoms with Gasteiger partial charge in [-0.15, -0.1) is 0 Å². The van der Waals surface area contributed by atoms with E-state index >= 15 is 0 Å². The Kier molecular flexibility index (Phi) is 7.47. The smallest absolute Gasteiger partial charge is 0.321 e. The molecule has 0 aromatic rings. The first-order chi connectivity index (χ1) is 5.18. The van der Waals surface area contributed by atoms with Gasteiger partial charge < -0.3 is 15.3 Å². The number of hydrogen-bond donors (Lipinski definition) is 3. The summed E-state index contributed by atoms with van der Waals surface area (Å²) in [7, 11) is 8.50. The van der Waals surface area contributed by atoms with Crippen molar-refractivity contribution in [3.63, 3.8) is 0 Å². The second-order valence-corrected chi connectivity index (χ2v) is 4.18. The van der Waals surface area contributed by atoms with E-state index in [1.165, 1.54) is 0 Å². The molecule has 4 nitrogen and oxygen atoms in total. The number of rotatable bonds is 2. The zero-order valence-corrected chi connectivity index (χ0v) is 9.01. The van der Waals surface area contributed by atoms with Crippen LogP contribution in [0.3, 0.4) is 0 Å². The van der Waals surface area contributed by atoms with Crippen LogP contribution in [-0.2, 0) is 4.79 Å². The Morgan fingerprint density at radius 2 is 1.75 bits per heavy atom. The third-order valence-corrected chi connectivity index (χ3v) is 0.907. The van der Waals surface area contributed by atoms with Gasteiger partial charge in [-0.2, -0.15) is 12.6 Å². The molecule has 0 bridgehead atoms. The van der Waals surface area contributed by atoms with Gasteiger partial charge in [-0.1, -0.05) is 0 Å². The highest BCUT2D eigenvalue weighted by Crippen LogP contribution is 1.80. The molecule has 5 heteroatoms. The second kappa shape index (κ2) is 6.28. The Hall–Kier alpha value is -0.260. The summed E-state index contributed by atoms with van der Waals surface area (Å²) in [4.78, 5) is 9.76. The van der Waals surface area contributed by atoms with Crippen LogP contribution in [0.2, 0.25) is 0 Å². The van der Waals surface area contributed by atoms with E-state index in [1.54, 1.807) is 0 Å². The van der Waals surface area contributed by atoms with Crippen LogP contribution < -0.4 is 5.73 Å². The van der Waals surface area contributed by atoms with Gasteiger partial charge in [-0.25, -0.2) is 0 Å². The Morgan fingerprint density at radius 3 is 1.75 bits per heavy atom. The molecule has 0 heterocycles. The molecule has 0 spiro atoms. The molecule has 3 N–H and O–H groups in total. The lowest BCUT2D eigenvalue weighted by atomic mass is 10.4. The van der Waals surface area contributed by atoms with Gasteiger partial charge in [0.2, 0.25) is 0 Å². The number of carboxylic acids is 1. The fourth-order valence-electron chi connectivity index (χ4n) is 0.0781. The van der Waals surface area contributed by atoms with Crippen molar-refractivity contribution in [2.75, 3.05) is 33.9 Å². The van der Waals surface area contributed by atoms with Crippen LogP contribution >= 0.6 is 12.6 Å². The van der Waals surface area contributed by atoms with Crippen molar-refractivity contribution in [1.29, 1.82) is 0 Å². The summed E-state index contributed by atoms with van der Waals surface area (Å²) in [6.07, 6.45) is 0. The Balaban J connectivity index is 0. The molecule has 0 rings (SSSR count). The molecule has 0 amide bonds. The molecule has 0 aromatic carbocycles. The predicted molar refractivity (Wildman–Crippen MR) is 53.4 cm³/mol. The lowest BCUT2D eigenvalue weighted by Crippen LogP contribution is -2.31. The van der Waals surface area contributed by atoms with Gasteiger partial charge in [0.05, 0.1) is 28.2 Å². The zero-order chi connectivity index (χ0) is 10.4. The van der Waals surface area contributed by atoms with Crippen LogP contribution in [-0.4, -0.2) is 55.5 Å². The normalized spacial score (nSPS) is 12.8. The Labute approximate surface area is 79.4 Å². The largest absolute Gasteiger partial charge is 0.480 e. The van der Waals surface area contributed by atoms with Crippen LogP contribution in [0, 0.1) is 0 Å². The molecule has 12 heavy (non-hydrogen) atoms. The van der Waals surface area contributed by atoms with Crippen molar-refractivity contribution >= 4 is 18.6 Å². The molecule has 0 aliphatic rings. The van der Waals surface area contributed by atoms with Crippen LogP contribution in [0.4, 0.5) is 0 Å². The third kappa shape index (κ3) is 22.6. The Bertz CT molecular complexity index is 128. The molecule has 1 unspecified atom stereocenters. The van der Waals surface area contributed by atoms with Crippen molar-refractivity contribution in [1.82, 2.24) is 0 Å². The summed E-state index contributed by atoms with van der Waals surface area (Å²) >= 11 is 3.65. The van der Waals surface area contributed by atoms with E-state index in [0.29, 0.717) is 0 Å². The van der Waals surface area contributed by atoms with Crippen molar-refractivity contribution in [3.05, 3.63) is 0 Å². The maximum absolute atomic E-state index is 9.76. The molecule has 0 aliphatic carbocycles. The number of nitrogens with zero attached hydrogens (tertiary/aromatic N) is 1. The van der Waals surface area contributed by atoms with Crippen LogP contribution in [0.1, 0.15) is 0 Å². The maximum Gasteiger partial charge on any atom is 0.321 e. The van der Waals surface area contributed by atoms with Gasteiger partial charge in [0.25, 0.3) is 0 Å². The van der Waals surface area contributed by atoms with E-state index < -0.39 is 12.0 Å². The molecule has 0 aromatic heterocycles. The van der Waals surface area contributed by atoms with E-state index in [4.69, 9.17) is 10.8 Å². The minimum atomic E-state index is -1.00. The molecule has 1 atom stereocenters. The fraction of sp³-hybridized carbons (Fsp3) is 0.857. The van der Waals surface area contributed by atoms with Crippen molar-refractivity contribution in [2.24, 2.45) is 5.73 Å². The summed E-state index contributed by atoms with van der Waals surface area (Å²) in [6, 6.07) is -0.816. The number of thiol groups is 1. The fourth-order valence-corrected chi connectivity index (χ4v) is 0.234. The van der Waals surface area contributed by atoms with E-state index in [-0.39, 0.29) is 5.75 Å². The van der Waals surface area contributed by atoms with Crippen LogP contribution in [0.15, 0.2) is 0 Å². The predicted octanol–water partition coefficient (Wildman–Crippen LogP) is -0.349. The molecule has 0 aliphatic heterocycles. The standard InChI is InChI=1S/C4H12N.C3H7NO2S/c1-5(2,3)4;4-2(1-7)3(5)6/h1-4H3;2,7H,1,4H2,(H,5,6)/q+1;. The lowest BCUT2D eigenvalue weighted by Gasteiger charge is -2.14. The molecule has 74 valence electrons. The van der Waals surface area contributed by atoms with Gasteiger partial charge in [-0.3, -0.25) is 4.79 Å². The number of aliphatic carboxylic acids is 1. The van der Waals surface area contributed by atoms with Gasteiger partial charge in [0.15, 0.2) is 0 Å².